The Bertz CT molecular complexity index is 756. The maximum absolute atomic E-state index is 11.2. The molecule has 0 aliphatic carbocycles. The van der Waals surface area contributed by atoms with Gasteiger partial charge in [0.1, 0.15) is 5.65 Å². The number of likely N-dealkylation sites (tertiary alicyclic amines) is 1. The number of fused-ring (bicyclic) bond motifs is 1. The Hall–Kier alpha value is -2.97. The number of anilines is 1. The smallest absolute Gasteiger partial charge is 0.407 e. The van der Waals surface area contributed by atoms with Crippen LogP contribution in [0.25, 0.3) is 11.0 Å². The second kappa shape index (κ2) is 6.03. The highest BCUT2D eigenvalue weighted by Gasteiger charge is 2.25. The third-order valence-corrected chi connectivity index (χ3v) is 4.01. The molecule has 0 bridgehead atoms. The lowest BCUT2D eigenvalue weighted by atomic mass is 10.0. The van der Waals surface area contributed by atoms with Gasteiger partial charge in [0.25, 0.3) is 0 Å². The Morgan fingerprint density at radius 3 is 3.13 bits per heavy atom. The van der Waals surface area contributed by atoms with Gasteiger partial charge in [0.2, 0.25) is 0 Å². The predicted octanol–water partition coefficient (Wildman–Crippen LogP) is 1.21. The Balaban J connectivity index is 1.94. The van der Waals surface area contributed by atoms with Crippen LogP contribution in [-0.2, 0) is 0 Å². The van der Waals surface area contributed by atoms with Crippen molar-refractivity contribution in [3.8, 4) is 0 Å². The van der Waals surface area contributed by atoms with Gasteiger partial charge in [0.05, 0.1) is 11.3 Å². The number of hydrogen-bond donors (Lipinski definition) is 5. The molecule has 0 unspecified atom stereocenters. The van der Waals surface area contributed by atoms with Gasteiger partial charge in [-0.2, -0.15) is 0 Å². The quantitative estimate of drug-likeness (QED) is 0.249. The first kappa shape index (κ1) is 14.9. The summed E-state index contributed by atoms with van der Waals surface area (Å²) in [5.41, 5.74) is 7.58. The first-order valence-corrected chi connectivity index (χ1v) is 7.28. The van der Waals surface area contributed by atoms with Crippen LogP contribution >= 0.6 is 0 Å². The number of nitrogens with two attached hydrogens (primary N) is 1. The summed E-state index contributed by atoms with van der Waals surface area (Å²) >= 11 is 0. The first-order valence-electron chi connectivity index (χ1n) is 7.28. The zero-order valence-electron chi connectivity index (χ0n) is 12.4. The van der Waals surface area contributed by atoms with Crippen molar-refractivity contribution in [1.29, 1.82) is 0 Å². The van der Waals surface area contributed by atoms with Crippen LogP contribution in [0.5, 0.6) is 0 Å². The topological polar surface area (TPSA) is 140 Å². The fourth-order valence-corrected chi connectivity index (χ4v) is 2.88. The second-order valence-electron chi connectivity index (χ2n) is 5.48. The van der Waals surface area contributed by atoms with E-state index < -0.39 is 6.09 Å². The Morgan fingerprint density at radius 1 is 1.57 bits per heavy atom. The molecule has 1 aliphatic heterocycles. The van der Waals surface area contributed by atoms with Gasteiger partial charge in [-0.05, 0) is 18.9 Å². The van der Waals surface area contributed by atoms with Gasteiger partial charge in [-0.15, -0.1) is 0 Å². The predicted molar refractivity (Wildman–Crippen MR) is 84.8 cm³/mol. The molecule has 2 aromatic heterocycles. The Labute approximate surface area is 131 Å². The molecule has 122 valence electrons. The SMILES string of the molecule is N/C(=N\O)c1cnc2[nH]ccc2c1N[C@@H]1CCCN(C(=O)O)C1. The molecule has 0 spiro atoms. The highest BCUT2D eigenvalue weighted by molar-refractivity contribution is 6.08. The third kappa shape index (κ3) is 2.85. The summed E-state index contributed by atoms with van der Waals surface area (Å²) in [4.78, 5) is 19.8. The molecule has 9 heteroatoms. The number of carboxylic acid groups (broad SMARTS) is 1. The Kier molecular flexibility index (Phi) is 3.92. The molecule has 1 fully saturated rings. The van der Waals surface area contributed by atoms with Crippen molar-refractivity contribution in [2.24, 2.45) is 10.9 Å². The van der Waals surface area contributed by atoms with Gasteiger partial charge in [-0.3, -0.25) is 0 Å². The molecule has 0 saturated carbocycles. The van der Waals surface area contributed by atoms with Crippen LogP contribution in [-0.4, -0.2) is 56.2 Å². The molecule has 6 N–H and O–H groups in total. The van der Waals surface area contributed by atoms with E-state index in [0.717, 1.165) is 18.2 Å². The van der Waals surface area contributed by atoms with Crippen molar-refractivity contribution in [3.05, 3.63) is 24.0 Å². The summed E-state index contributed by atoms with van der Waals surface area (Å²) in [6, 6.07) is 1.79. The number of pyridine rings is 1. The fraction of sp³-hybridized carbons (Fsp3) is 0.357. The molecular formula is C14H18N6O3. The van der Waals surface area contributed by atoms with Crippen LogP contribution in [0.2, 0.25) is 0 Å². The molecule has 23 heavy (non-hydrogen) atoms. The van der Waals surface area contributed by atoms with Crippen LogP contribution in [0.4, 0.5) is 10.5 Å². The molecule has 1 aliphatic rings. The number of amides is 1. The Morgan fingerprint density at radius 2 is 2.39 bits per heavy atom. The van der Waals surface area contributed by atoms with E-state index in [1.165, 1.54) is 11.1 Å². The molecule has 3 rings (SSSR count). The summed E-state index contributed by atoms with van der Waals surface area (Å²) in [5.74, 6) is -0.0472. The van der Waals surface area contributed by atoms with Crippen molar-refractivity contribution >= 4 is 28.6 Å². The van der Waals surface area contributed by atoms with E-state index in [9.17, 15) is 4.79 Å². The number of piperidine rings is 1. The highest BCUT2D eigenvalue weighted by atomic mass is 16.4. The molecule has 0 aromatic carbocycles. The van der Waals surface area contributed by atoms with Gasteiger partial charge in [-0.25, -0.2) is 9.78 Å². The number of aromatic nitrogens is 2. The number of rotatable bonds is 3. The normalized spacial score (nSPS) is 19.0. The number of nitrogens with zero attached hydrogens (tertiary/aromatic N) is 3. The summed E-state index contributed by atoms with van der Waals surface area (Å²) in [6.45, 7) is 0.926. The third-order valence-electron chi connectivity index (χ3n) is 4.01. The monoisotopic (exact) mass is 318 g/mol. The molecule has 3 heterocycles. The van der Waals surface area contributed by atoms with Crippen molar-refractivity contribution in [1.82, 2.24) is 14.9 Å². The van der Waals surface area contributed by atoms with Crippen molar-refractivity contribution in [2.45, 2.75) is 18.9 Å². The van der Waals surface area contributed by atoms with E-state index in [1.807, 2.05) is 6.07 Å². The summed E-state index contributed by atoms with van der Waals surface area (Å²) in [6.07, 6.45) is 3.98. The zero-order valence-corrected chi connectivity index (χ0v) is 12.4. The average Bonchev–Trinajstić information content (AvgIpc) is 3.03. The van der Waals surface area contributed by atoms with E-state index in [1.54, 1.807) is 6.20 Å². The summed E-state index contributed by atoms with van der Waals surface area (Å²) in [5, 5.41) is 25.3. The first-order chi connectivity index (χ1) is 11.1. The van der Waals surface area contributed by atoms with E-state index in [-0.39, 0.29) is 11.9 Å². The minimum absolute atomic E-state index is 0.0472. The summed E-state index contributed by atoms with van der Waals surface area (Å²) < 4.78 is 0. The van der Waals surface area contributed by atoms with E-state index in [0.29, 0.717) is 30.0 Å². The number of hydrogen-bond acceptors (Lipinski definition) is 5. The number of aromatic amines is 1. The molecule has 1 saturated heterocycles. The summed E-state index contributed by atoms with van der Waals surface area (Å²) in [7, 11) is 0. The van der Waals surface area contributed by atoms with Gasteiger partial charge in [0, 0.05) is 36.9 Å². The molecule has 1 atom stereocenters. The van der Waals surface area contributed by atoms with E-state index >= 15 is 0 Å². The fourth-order valence-electron chi connectivity index (χ4n) is 2.88. The van der Waals surface area contributed by atoms with Crippen LogP contribution in [0, 0.1) is 0 Å². The van der Waals surface area contributed by atoms with E-state index in [2.05, 4.69) is 20.4 Å². The highest BCUT2D eigenvalue weighted by Crippen LogP contribution is 2.27. The standard InChI is InChI=1S/C14H18N6O3/c15-12(19-23)10-6-17-13-9(3-4-16-13)11(10)18-8-2-1-5-20(7-8)14(21)22/h3-4,6,8,23H,1-2,5,7H2,(H2,15,19)(H,21,22)(H2,16,17,18)/t8-/m1/s1. The van der Waals surface area contributed by atoms with Gasteiger partial charge >= 0.3 is 6.09 Å². The minimum atomic E-state index is -0.922. The van der Waals surface area contributed by atoms with Gasteiger partial charge < -0.3 is 31.2 Å². The van der Waals surface area contributed by atoms with Crippen molar-refractivity contribution in [2.75, 3.05) is 18.4 Å². The number of amidine groups is 1. The molecular weight excluding hydrogens is 300 g/mol. The maximum atomic E-state index is 11.2. The molecule has 0 radical (unpaired) electrons. The van der Waals surface area contributed by atoms with Gasteiger partial charge in [0.15, 0.2) is 5.84 Å². The lowest BCUT2D eigenvalue weighted by molar-refractivity contribution is 0.133. The minimum Gasteiger partial charge on any atom is -0.465 e. The number of oxime groups is 1. The molecule has 1 amide bonds. The number of nitrogens with one attached hydrogen (secondary N) is 2. The van der Waals surface area contributed by atoms with Gasteiger partial charge in [-0.1, -0.05) is 5.16 Å². The molecule has 2 aromatic rings. The lowest BCUT2D eigenvalue weighted by Gasteiger charge is -2.32. The molecule has 9 nitrogen and oxygen atoms in total. The number of H-pyrrole nitrogens is 1. The average molecular weight is 318 g/mol. The lowest BCUT2D eigenvalue weighted by Crippen LogP contribution is -2.44. The van der Waals surface area contributed by atoms with Crippen LogP contribution in [0.15, 0.2) is 23.6 Å². The van der Waals surface area contributed by atoms with Crippen molar-refractivity contribution in [3.63, 3.8) is 0 Å². The zero-order chi connectivity index (χ0) is 16.4. The number of carbonyl (C=O) groups is 1. The van der Waals surface area contributed by atoms with Crippen LogP contribution in [0.1, 0.15) is 18.4 Å². The van der Waals surface area contributed by atoms with Crippen molar-refractivity contribution < 1.29 is 15.1 Å². The maximum Gasteiger partial charge on any atom is 0.407 e. The van der Waals surface area contributed by atoms with Crippen LogP contribution in [0.3, 0.4) is 0 Å². The van der Waals surface area contributed by atoms with Crippen LogP contribution < -0.4 is 11.1 Å². The largest absolute Gasteiger partial charge is 0.465 e. The van der Waals surface area contributed by atoms with E-state index in [4.69, 9.17) is 16.0 Å². The second-order valence-corrected chi connectivity index (χ2v) is 5.48.